The molecule has 36 heavy (non-hydrogen) atoms. The lowest BCUT2D eigenvalue weighted by Gasteiger charge is -2.32. The van der Waals surface area contributed by atoms with Crippen LogP contribution in [-0.4, -0.2) is 68.5 Å². The zero-order valence-corrected chi connectivity index (χ0v) is 20.9. The fraction of sp³-hybridized carbons (Fsp3) is 0.444. The molecule has 1 heterocycles. The van der Waals surface area contributed by atoms with Crippen molar-refractivity contribution in [2.24, 2.45) is 11.0 Å². The Morgan fingerprint density at radius 1 is 1.11 bits per heavy atom. The van der Waals surface area contributed by atoms with Crippen LogP contribution in [0.2, 0.25) is 0 Å². The first-order valence-electron chi connectivity index (χ1n) is 12.1. The number of methoxy groups -OCH3 is 3. The summed E-state index contributed by atoms with van der Waals surface area (Å²) in [4.78, 5) is 28.1. The summed E-state index contributed by atoms with van der Waals surface area (Å²) in [6, 6.07) is 11.1. The number of carbonyl (C=O) groups is 2. The average molecular weight is 498 g/mol. The van der Waals surface area contributed by atoms with Crippen LogP contribution >= 0.6 is 0 Å². The first-order valence-corrected chi connectivity index (χ1v) is 12.1. The number of ether oxygens (including phenoxy) is 3. The maximum atomic E-state index is 14.9. The maximum absolute atomic E-state index is 14.9. The van der Waals surface area contributed by atoms with Gasteiger partial charge in [-0.3, -0.25) is 9.59 Å². The number of carbonyl (C=O) groups excluding carboxylic acids is 2. The number of rotatable bonds is 10. The number of hydrazone groups is 1. The molecule has 9 heteroatoms. The van der Waals surface area contributed by atoms with E-state index in [9.17, 15) is 14.0 Å². The highest BCUT2D eigenvalue weighted by atomic mass is 19.1. The van der Waals surface area contributed by atoms with Crippen molar-refractivity contribution in [2.45, 2.75) is 31.7 Å². The topological polar surface area (TPSA) is 80.7 Å². The van der Waals surface area contributed by atoms with Crippen LogP contribution in [0, 0.1) is 11.7 Å². The van der Waals surface area contributed by atoms with Gasteiger partial charge >= 0.3 is 0 Å². The van der Waals surface area contributed by atoms with Gasteiger partial charge in [-0.15, -0.1) is 0 Å². The molecule has 1 aliphatic carbocycles. The number of halogens is 1. The minimum Gasteiger partial charge on any atom is -0.497 e. The second-order valence-electron chi connectivity index (χ2n) is 8.97. The van der Waals surface area contributed by atoms with E-state index in [0.717, 1.165) is 19.3 Å². The Bertz CT molecular complexity index is 1130. The lowest BCUT2D eigenvalue weighted by atomic mass is 9.84. The second-order valence-corrected chi connectivity index (χ2v) is 8.97. The summed E-state index contributed by atoms with van der Waals surface area (Å²) in [5.41, 5.74) is 1.65. The summed E-state index contributed by atoms with van der Waals surface area (Å²) >= 11 is 0. The van der Waals surface area contributed by atoms with Gasteiger partial charge in [0, 0.05) is 43.2 Å². The van der Waals surface area contributed by atoms with E-state index in [1.165, 1.54) is 16.0 Å². The Kier molecular flexibility index (Phi) is 8.20. The highest BCUT2D eigenvalue weighted by molar-refractivity contribution is 6.05. The van der Waals surface area contributed by atoms with Crippen molar-refractivity contribution in [3.63, 3.8) is 0 Å². The van der Waals surface area contributed by atoms with Crippen molar-refractivity contribution in [2.75, 3.05) is 41.0 Å². The van der Waals surface area contributed by atoms with Gasteiger partial charge in [-0.05, 0) is 31.0 Å². The third-order valence-electron chi connectivity index (χ3n) is 6.81. The summed E-state index contributed by atoms with van der Waals surface area (Å²) in [6.07, 6.45) is 2.97. The first kappa shape index (κ1) is 25.6. The Morgan fingerprint density at radius 2 is 1.89 bits per heavy atom. The predicted octanol–water partition coefficient (Wildman–Crippen LogP) is 3.80. The van der Waals surface area contributed by atoms with E-state index in [1.54, 1.807) is 51.7 Å². The molecule has 0 radical (unpaired) electrons. The summed E-state index contributed by atoms with van der Waals surface area (Å²) in [5, 5.41) is 5.95. The maximum Gasteiger partial charge on any atom is 0.262 e. The van der Waals surface area contributed by atoms with Crippen LogP contribution in [0.15, 0.2) is 47.6 Å². The van der Waals surface area contributed by atoms with Gasteiger partial charge in [-0.1, -0.05) is 24.6 Å². The molecule has 8 nitrogen and oxygen atoms in total. The Hall–Kier alpha value is -3.46. The molecule has 0 saturated heterocycles. The minimum absolute atomic E-state index is 0.0469. The molecule has 0 aromatic heterocycles. The molecule has 4 rings (SSSR count). The van der Waals surface area contributed by atoms with Crippen LogP contribution in [0.5, 0.6) is 11.5 Å². The van der Waals surface area contributed by atoms with Gasteiger partial charge in [0.25, 0.3) is 5.91 Å². The molecule has 0 spiro atoms. The van der Waals surface area contributed by atoms with Crippen LogP contribution in [0.1, 0.15) is 42.9 Å². The molecule has 0 N–H and O–H groups in total. The molecule has 1 atom stereocenters. The quantitative estimate of drug-likeness (QED) is 0.499. The molecule has 1 saturated carbocycles. The molecule has 2 amide bonds. The Morgan fingerprint density at radius 3 is 2.53 bits per heavy atom. The van der Waals surface area contributed by atoms with E-state index in [1.807, 2.05) is 6.07 Å². The molecule has 1 aliphatic heterocycles. The number of benzene rings is 2. The molecule has 0 bridgehead atoms. The van der Waals surface area contributed by atoms with Gasteiger partial charge in [0.05, 0.1) is 32.6 Å². The third-order valence-corrected chi connectivity index (χ3v) is 6.81. The van der Waals surface area contributed by atoms with Gasteiger partial charge in [-0.25, -0.2) is 9.40 Å². The summed E-state index contributed by atoms with van der Waals surface area (Å²) < 4.78 is 30.9. The highest BCUT2D eigenvalue weighted by Crippen LogP contribution is 2.37. The molecule has 0 unspecified atom stereocenters. The third kappa shape index (κ3) is 5.36. The van der Waals surface area contributed by atoms with E-state index < -0.39 is 11.9 Å². The fourth-order valence-corrected chi connectivity index (χ4v) is 4.55. The van der Waals surface area contributed by atoms with Gasteiger partial charge in [0.2, 0.25) is 5.91 Å². The van der Waals surface area contributed by atoms with Crippen molar-refractivity contribution < 1.29 is 28.2 Å². The fourth-order valence-electron chi connectivity index (χ4n) is 4.55. The average Bonchev–Trinajstić information content (AvgIpc) is 3.30. The van der Waals surface area contributed by atoms with E-state index in [0.29, 0.717) is 47.9 Å². The van der Waals surface area contributed by atoms with Crippen molar-refractivity contribution in [3.8, 4) is 11.5 Å². The summed E-state index contributed by atoms with van der Waals surface area (Å²) in [7, 11) is 4.67. The second kappa shape index (κ2) is 11.5. The molecular formula is C27H32FN3O5. The van der Waals surface area contributed by atoms with Gasteiger partial charge in [-0.2, -0.15) is 5.10 Å². The zero-order valence-electron chi connectivity index (χ0n) is 20.9. The lowest BCUT2D eigenvalue weighted by Crippen LogP contribution is -2.46. The van der Waals surface area contributed by atoms with Gasteiger partial charge in [0.15, 0.2) is 0 Å². The molecule has 192 valence electrons. The Balaban J connectivity index is 1.65. The first-order chi connectivity index (χ1) is 17.5. The Labute approximate surface area is 210 Å². The van der Waals surface area contributed by atoms with Crippen molar-refractivity contribution in [1.29, 1.82) is 0 Å². The highest BCUT2D eigenvalue weighted by Gasteiger charge is 2.37. The standard InChI is InChI=1S/C27H32FN3O5/c1-34-14-13-30(27(33)18-7-6-8-18)17-26(32)31-24(20-9-4-5-10-22(20)28)16-23(29-31)21-12-11-19(35-2)15-25(21)36-3/h4-5,9-12,15,18,24H,6-8,13-14,16-17H2,1-3H3/t24-/m1/s1. The number of hydrogen-bond acceptors (Lipinski definition) is 6. The minimum atomic E-state index is -0.649. The van der Waals surface area contributed by atoms with Crippen LogP contribution in [0.4, 0.5) is 4.39 Å². The molecule has 2 aliphatic rings. The van der Waals surface area contributed by atoms with Crippen molar-refractivity contribution >= 4 is 17.5 Å². The molecule has 2 aromatic rings. The van der Waals surface area contributed by atoms with E-state index >= 15 is 0 Å². The van der Waals surface area contributed by atoms with E-state index in [4.69, 9.17) is 14.2 Å². The van der Waals surface area contributed by atoms with E-state index in [-0.39, 0.29) is 24.3 Å². The molecule has 1 fully saturated rings. The molecule has 2 aromatic carbocycles. The normalized spacial score (nSPS) is 17.4. The van der Waals surface area contributed by atoms with Crippen LogP contribution in [0.3, 0.4) is 0 Å². The number of hydrogen-bond donors (Lipinski definition) is 0. The number of amides is 2. The van der Waals surface area contributed by atoms with E-state index in [2.05, 4.69) is 5.10 Å². The largest absolute Gasteiger partial charge is 0.497 e. The molecular weight excluding hydrogens is 465 g/mol. The lowest BCUT2D eigenvalue weighted by molar-refractivity contribution is -0.146. The number of nitrogens with zero attached hydrogens (tertiary/aromatic N) is 3. The SMILES string of the molecule is COCCN(CC(=O)N1N=C(c2ccc(OC)cc2OC)C[C@@H]1c1ccccc1F)C(=O)C1CCC1. The van der Waals surface area contributed by atoms with Crippen molar-refractivity contribution in [1.82, 2.24) is 9.91 Å². The summed E-state index contributed by atoms with van der Waals surface area (Å²) in [5.74, 6) is 0.259. The van der Waals surface area contributed by atoms with Gasteiger partial charge < -0.3 is 19.1 Å². The predicted molar refractivity (Wildman–Crippen MR) is 132 cm³/mol. The zero-order chi connectivity index (χ0) is 25.7. The smallest absolute Gasteiger partial charge is 0.262 e. The van der Waals surface area contributed by atoms with Crippen LogP contribution < -0.4 is 9.47 Å². The monoisotopic (exact) mass is 497 g/mol. The van der Waals surface area contributed by atoms with Crippen LogP contribution in [-0.2, 0) is 14.3 Å². The van der Waals surface area contributed by atoms with Crippen LogP contribution in [0.25, 0.3) is 0 Å². The van der Waals surface area contributed by atoms with Gasteiger partial charge in [0.1, 0.15) is 23.9 Å². The van der Waals surface area contributed by atoms with Crippen molar-refractivity contribution in [3.05, 3.63) is 59.4 Å². The summed E-state index contributed by atoms with van der Waals surface area (Å²) in [6.45, 7) is 0.471.